The molecule has 102 valence electrons. The second-order valence-electron chi connectivity index (χ2n) is 1.22. The van der Waals surface area contributed by atoms with E-state index >= 15 is 0 Å². The molecule has 16 heavy (non-hydrogen) atoms. The van der Waals surface area contributed by atoms with E-state index in [-0.39, 0.29) is 21.1 Å². The summed E-state index contributed by atoms with van der Waals surface area (Å²) in [5, 5.41) is 0. The Morgan fingerprint density at radius 1 is 0.438 bits per heavy atom. The molecule has 0 aliphatic heterocycles. The van der Waals surface area contributed by atoms with Gasteiger partial charge in [-0.1, -0.05) is 0 Å². The Morgan fingerprint density at radius 3 is 0.438 bits per heavy atom. The van der Waals surface area contributed by atoms with Crippen LogP contribution in [-0.2, 0) is 39.7 Å². The van der Waals surface area contributed by atoms with Gasteiger partial charge in [0.1, 0.15) is 0 Å². The van der Waals surface area contributed by atoms with Crippen molar-refractivity contribution >= 4 is 56.9 Å². The summed E-state index contributed by atoms with van der Waals surface area (Å²) in [5.74, 6) is 0. The minimum atomic E-state index is -6.02. The van der Waals surface area contributed by atoms with Crippen LogP contribution in [0.25, 0.3) is 0 Å². The van der Waals surface area contributed by atoms with Crippen LogP contribution in [0.5, 0.6) is 0 Å². The average Bonchev–Trinajstić information content (AvgIpc) is 1.41. The molecule has 0 aromatic carbocycles. The second kappa shape index (κ2) is 10.5. The molecule has 0 aromatic heterocycles. The first kappa shape index (κ1) is 26.2. The Balaban J connectivity index is -0.0000000655. The van der Waals surface area contributed by atoms with Gasteiger partial charge in [-0.25, -0.2) is 0 Å². The molecule has 0 saturated carbocycles. The summed E-state index contributed by atoms with van der Waals surface area (Å²) in [6, 6.07) is 0. The van der Waals surface area contributed by atoms with E-state index < -0.39 is 56.9 Å². The third-order valence-electron chi connectivity index (χ3n) is 0. The summed E-state index contributed by atoms with van der Waals surface area (Å²) in [7, 11) is 0. The molecule has 0 bridgehead atoms. The molecule has 0 unspecified atom stereocenters. The molecular formula is MoO12Te3-6. The molecule has 0 spiro atoms. The quantitative estimate of drug-likeness (QED) is 0.218. The van der Waals surface area contributed by atoms with E-state index in [1.807, 2.05) is 0 Å². The van der Waals surface area contributed by atoms with E-state index in [4.69, 9.17) is 39.5 Å². The van der Waals surface area contributed by atoms with Crippen LogP contribution < -0.4 is 20.8 Å². The molecule has 0 aliphatic rings. The van der Waals surface area contributed by atoms with Crippen molar-refractivity contribution in [2.75, 3.05) is 0 Å². The maximum Gasteiger partial charge on any atom is 0 e. The van der Waals surface area contributed by atoms with Crippen molar-refractivity contribution in [3.05, 3.63) is 0 Å². The Morgan fingerprint density at radius 2 is 0.438 bits per heavy atom. The van der Waals surface area contributed by atoms with E-state index in [2.05, 4.69) is 0 Å². The SMILES string of the molecule is O=[Te](=O)([O-])[O-].O=[Te](=O)([O-])[O-].O=[Te](=O)([O-])[O-].[Mo]. The first-order valence-corrected chi connectivity index (χ1v) is 13.4. The summed E-state index contributed by atoms with van der Waals surface area (Å²) in [4.78, 5) is 0. The van der Waals surface area contributed by atoms with Gasteiger partial charge in [-0.05, 0) is 0 Å². The van der Waals surface area contributed by atoms with Gasteiger partial charge in [0.25, 0.3) is 0 Å². The molecule has 0 radical (unpaired) electrons. The Kier molecular flexibility index (Phi) is 17.3. The zero-order chi connectivity index (χ0) is 13.5. The predicted octanol–water partition coefficient (Wildman–Crippen LogP) is -8.99. The fraction of sp³-hybridized carbons (Fsp3) is 0. The van der Waals surface area contributed by atoms with Gasteiger partial charge in [0.2, 0.25) is 0 Å². The van der Waals surface area contributed by atoms with Crippen LogP contribution >= 0.6 is 0 Å². The van der Waals surface area contributed by atoms with Crippen molar-refractivity contribution in [1.82, 2.24) is 0 Å². The van der Waals surface area contributed by atoms with Crippen molar-refractivity contribution in [1.29, 1.82) is 0 Å². The van der Waals surface area contributed by atoms with Crippen LogP contribution in [0.2, 0.25) is 0 Å². The number of hydrogen-bond donors (Lipinski definition) is 0. The average molecular weight is 671 g/mol. The zero-order valence-corrected chi connectivity index (χ0v) is 15.5. The minimum absolute atomic E-state index is 0. The van der Waals surface area contributed by atoms with Crippen molar-refractivity contribution in [2.45, 2.75) is 0 Å². The number of hydrogen-bond acceptors (Lipinski definition) is 12. The molecule has 0 heterocycles. The van der Waals surface area contributed by atoms with Crippen molar-refractivity contribution < 1.29 is 60.5 Å². The Labute approximate surface area is 116 Å². The zero-order valence-electron chi connectivity index (χ0n) is 6.53. The van der Waals surface area contributed by atoms with Gasteiger partial charge in [0.15, 0.2) is 0 Å². The summed E-state index contributed by atoms with van der Waals surface area (Å²) in [6.45, 7) is 0. The van der Waals surface area contributed by atoms with E-state index in [1.54, 1.807) is 0 Å². The van der Waals surface area contributed by atoms with E-state index in [1.165, 1.54) is 0 Å². The van der Waals surface area contributed by atoms with E-state index in [0.29, 0.717) is 0 Å². The summed E-state index contributed by atoms with van der Waals surface area (Å²) in [5.41, 5.74) is 0. The fourth-order valence-corrected chi connectivity index (χ4v) is 0. The van der Waals surface area contributed by atoms with Crippen LogP contribution in [0.15, 0.2) is 0 Å². The van der Waals surface area contributed by atoms with Gasteiger partial charge in [-0.15, -0.1) is 0 Å². The Bertz CT molecular complexity index is 337. The van der Waals surface area contributed by atoms with Crippen molar-refractivity contribution in [3.63, 3.8) is 0 Å². The third-order valence-corrected chi connectivity index (χ3v) is 0. The molecule has 0 saturated heterocycles. The monoisotopic (exact) mass is 680 g/mol. The van der Waals surface area contributed by atoms with Gasteiger partial charge >= 0.3 is 96.4 Å². The molecule has 0 fully saturated rings. The molecule has 12 nitrogen and oxygen atoms in total. The van der Waals surface area contributed by atoms with Crippen LogP contribution in [0.3, 0.4) is 0 Å². The predicted molar refractivity (Wildman–Crippen MR) is 21.4 cm³/mol. The summed E-state index contributed by atoms with van der Waals surface area (Å²) in [6.07, 6.45) is 0. The molecule has 0 aromatic rings. The van der Waals surface area contributed by atoms with Crippen molar-refractivity contribution in [3.8, 4) is 0 Å². The van der Waals surface area contributed by atoms with E-state index in [0.717, 1.165) is 0 Å². The molecule has 0 rings (SSSR count). The second-order valence-corrected chi connectivity index (χ2v) is 8.22. The molecule has 16 heteroatoms. The third kappa shape index (κ3) is 1280. The van der Waals surface area contributed by atoms with Gasteiger partial charge in [-0.3, -0.25) is 0 Å². The standard InChI is InChI=1S/Mo.3H2O4Te/c;3*1-5(2,3)4/h;3*(H2,1,2,3,4)/p-6. The summed E-state index contributed by atoms with van der Waals surface area (Å²) < 4.78 is 104. The largest absolute Gasteiger partial charge is 0 e. The smallest absolute Gasteiger partial charge is 0 e. The molecular weight excluding hydrogens is 671 g/mol. The molecule has 0 atom stereocenters. The maximum absolute atomic E-state index is 8.63. The van der Waals surface area contributed by atoms with Crippen LogP contribution in [0.1, 0.15) is 0 Å². The molecule has 0 aliphatic carbocycles. The van der Waals surface area contributed by atoms with Crippen LogP contribution in [-0.4, -0.2) is 56.9 Å². The van der Waals surface area contributed by atoms with Gasteiger partial charge in [0.05, 0.1) is 0 Å². The number of rotatable bonds is 0. The van der Waals surface area contributed by atoms with Crippen LogP contribution in [0.4, 0.5) is 0 Å². The first-order valence-electron chi connectivity index (χ1n) is 2.00. The fourth-order valence-electron chi connectivity index (χ4n) is 0. The molecule has 0 amide bonds. The normalized spacial score (nSPS) is 10.9. The van der Waals surface area contributed by atoms with Crippen LogP contribution in [0, 0.1) is 0 Å². The Hall–Kier alpha value is 1.62. The topological polar surface area (TPSA) is 241 Å². The molecule has 0 N–H and O–H groups in total. The van der Waals surface area contributed by atoms with Gasteiger partial charge in [0, 0.05) is 21.1 Å². The summed E-state index contributed by atoms with van der Waals surface area (Å²) >= 11 is -18.1. The van der Waals surface area contributed by atoms with Crippen molar-refractivity contribution in [2.24, 2.45) is 0 Å². The van der Waals surface area contributed by atoms with E-state index in [9.17, 15) is 0 Å². The first-order chi connectivity index (χ1) is 6.00. The van der Waals surface area contributed by atoms with Gasteiger partial charge in [-0.2, -0.15) is 0 Å². The minimum Gasteiger partial charge on any atom is 0 e. The maximum atomic E-state index is 8.63. The van der Waals surface area contributed by atoms with Gasteiger partial charge < -0.3 is 0 Å².